The van der Waals surface area contributed by atoms with Gasteiger partial charge in [-0.3, -0.25) is 4.79 Å². The molecule has 0 aliphatic heterocycles. The van der Waals surface area contributed by atoms with E-state index in [4.69, 9.17) is 0 Å². The second-order valence-electron chi connectivity index (χ2n) is 6.81. The van der Waals surface area contributed by atoms with Crippen molar-refractivity contribution in [1.82, 2.24) is 0 Å². The zero-order chi connectivity index (χ0) is 20.9. The Kier molecular flexibility index (Phi) is 6.34. The predicted molar refractivity (Wildman–Crippen MR) is 106 cm³/mol. The Labute approximate surface area is 167 Å². The molecule has 0 radical (unpaired) electrons. The van der Waals surface area contributed by atoms with Crippen LogP contribution in [0.5, 0.6) is 0 Å². The Hall–Kier alpha value is -3.12. The summed E-state index contributed by atoms with van der Waals surface area (Å²) in [5, 5.41) is 4.29. The van der Waals surface area contributed by atoms with E-state index in [-0.39, 0.29) is 11.7 Å². The maximum Gasteiger partial charge on any atom is 0.418 e. The van der Waals surface area contributed by atoms with Crippen LogP contribution >= 0.6 is 0 Å². The van der Waals surface area contributed by atoms with Crippen LogP contribution in [0.3, 0.4) is 0 Å². The van der Waals surface area contributed by atoms with E-state index in [1.807, 2.05) is 66.0 Å². The molecule has 0 bridgehead atoms. The fraction of sp³-hybridized carbons (Fsp3) is 0.174. The van der Waals surface area contributed by atoms with E-state index in [2.05, 4.69) is 5.32 Å². The largest absolute Gasteiger partial charge is 0.418 e. The summed E-state index contributed by atoms with van der Waals surface area (Å²) in [4.78, 5) is 12.7. The molecular formula is C23H22F3N2O+. The zero-order valence-electron chi connectivity index (χ0n) is 15.9. The number of amides is 1. The van der Waals surface area contributed by atoms with Crippen LogP contribution in [0.25, 0.3) is 0 Å². The maximum absolute atomic E-state index is 13.2. The zero-order valence-corrected chi connectivity index (χ0v) is 15.9. The van der Waals surface area contributed by atoms with Gasteiger partial charge in [0.05, 0.1) is 11.3 Å². The second kappa shape index (κ2) is 8.92. The van der Waals surface area contributed by atoms with Crippen LogP contribution in [0.15, 0.2) is 84.9 Å². The molecule has 0 aromatic heterocycles. The standard InChI is InChI=1S/C23H21F3N2O/c1-16(22(29)28-20-15-9-8-14-19(20)23(24,25)26)27-21(17-10-4-2-5-11-17)18-12-6-3-7-13-18/h2-16,21,27H,1H3,(H,28,29)/p+1/t16-/m0/s1. The van der Waals surface area contributed by atoms with Crippen molar-refractivity contribution in [2.75, 3.05) is 5.32 Å². The van der Waals surface area contributed by atoms with Gasteiger partial charge in [0.25, 0.3) is 5.91 Å². The van der Waals surface area contributed by atoms with Crippen molar-refractivity contribution in [3.63, 3.8) is 0 Å². The number of alkyl halides is 3. The molecule has 0 spiro atoms. The molecule has 3 rings (SSSR count). The van der Waals surface area contributed by atoms with Crippen molar-refractivity contribution in [2.45, 2.75) is 25.2 Å². The first-order chi connectivity index (χ1) is 13.9. The Bertz CT molecular complexity index is 904. The molecule has 0 saturated heterocycles. The van der Waals surface area contributed by atoms with Crippen LogP contribution in [-0.4, -0.2) is 11.9 Å². The molecule has 6 heteroatoms. The Morgan fingerprint density at radius 3 is 1.83 bits per heavy atom. The average molecular weight is 399 g/mol. The highest BCUT2D eigenvalue weighted by Crippen LogP contribution is 2.34. The third-order valence-corrected chi connectivity index (χ3v) is 4.70. The highest BCUT2D eigenvalue weighted by atomic mass is 19.4. The van der Waals surface area contributed by atoms with E-state index in [0.717, 1.165) is 17.2 Å². The van der Waals surface area contributed by atoms with E-state index in [9.17, 15) is 18.0 Å². The number of nitrogens with two attached hydrogens (primary N) is 1. The van der Waals surface area contributed by atoms with Crippen LogP contribution in [0.4, 0.5) is 18.9 Å². The summed E-state index contributed by atoms with van der Waals surface area (Å²) >= 11 is 0. The summed E-state index contributed by atoms with van der Waals surface area (Å²) in [6.07, 6.45) is -4.53. The van der Waals surface area contributed by atoms with Gasteiger partial charge >= 0.3 is 6.18 Å². The summed E-state index contributed by atoms with van der Waals surface area (Å²) in [6.45, 7) is 1.68. The van der Waals surface area contributed by atoms with Crippen molar-refractivity contribution in [3.8, 4) is 0 Å². The molecule has 3 N–H and O–H groups in total. The molecule has 0 fully saturated rings. The van der Waals surface area contributed by atoms with Gasteiger partial charge in [0.1, 0.15) is 6.04 Å². The van der Waals surface area contributed by atoms with E-state index in [1.54, 1.807) is 6.92 Å². The summed E-state index contributed by atoms with van der Waals surface area (Å²) in [5.41, 5.74) is 0.924. The third kappa shape index (κ3) is 5.23. The van der Waals surface area contributed by atoms with Crippen LogP contribution in [0, 0.1) is 0 Å². The molecule has 1 amide bonds. The topological polar surface area (TPSA) is 45.7 Å². The number of carbonyl (C=O) groups excluding carboxylic acids is 1. The number of quaternary nitrogens is 1. The molecule has 3 nitrogen and oxygen atoms in total. The lowest BCUT2D eigenvalue weighted by Gasteiger charge is -2.21. The lowest BCUT2D eigenvalue weighted by molar-refractivity contribution is -0.704. The molecule has 3 aromatic carbocycles. The number of rotatable bonds is 6. The number of halogens is 3. The summed E-state index contributed by atoms with van der Waals surface area (Å²) in [6, 6.07) is 23.6. The van der Waals surface area contributed by atoms with Crippen LogP contribution < -0.4 is 10.6 Å². The molecule has 0 aliphatic carbocycles. The smallest absolute Gasteiger partial charge is 0.326 e. The quantitative estimate of drug-likeness (QED) is 0.635. The average Bonchev–Trinajstić information content (AvgIpc) is 2.72. The van der Waals surface area contributed by atoms with Gasteiger partial charge in [-0.05, 0) is 19.1 Å². The summed E-state index contributed by atoms with van der Waals surface area (Å²) < 4.78 is 39.6. The van der Waals surface area contributed by atoms with Crippen molar-refractivity contribution in [2.24, 2.45) is 0 Å². The first-order valence-electron chi connectivity index (χ1n) is 9.28. The van der Waals surface area contributed by atoms with Gasteiger partial charge in [-0.2, -0.15) is 13.2 Å². The van der Waals surface area contributed by atoms with Gasteiger partial charge in [0.2, 0.25) is 0 Å². The minimum absolute atomic E-state index is 0.156. The van der Waals surface area contributed by atoms with E-state index in [1.165, 1.54) is 18.2 Å². The number of anilines is 1. The molecule has 0 aliphatic rings. The highest BCUT2D eigenvalue weighted by molar-refractivity contribution is 5.94. The van der Waals surface area contributed by atoms with Gasteiger partial charge in [0, 0.05) is 11.1 Å². The molecular weight excluding hydrogens is 377 g/mol. The fourth-order valence-corrected chi connectivity index (χ4v) is 3.20. The van der Waals surface area contributed by atoms with Crippen molar-refractivity contribution >= 4 is 11.6 Å². The lowest BCUT2D eigenvalue weighted by atomic mass is 9.98. The van der Waals surface area contributed by atoms with Gasteiger partial charge in [-0.1, -0.05) is 72.8 Å². The minimum Gasteiger partial charge on any atom is -0.326 e. The SMILES string of the molecule is C[C@H]([NH2+]C(c1ccccc1)c1ccccc1)C(=O)Nc1ccccc1C(F)(F)F. The number of benzene rings is 3. The maximum atomic E-state index is 13.2. The van der Waals surface area contributed by atoms with Crippen molar-refractivity contribution in [1.29, 1.82) is 0 Å². The van der Waals surface area contributed by atoms with Gasteiger partial charge in [-0.15, -0.1) is 0 Å². The van der Waals surface area contributed by atoms with Gasteiger partial charge < -0.3 is 10.6 Å². The Morgan fingerprint density at radius 1 is 0.828 bits per heavy atom. The first-order valence-corrected chi connectivity index (χ1v) is 9.28. The van der Waals surface area contributed by atoms with Crippen molar-refractivity contribution < 1.29 is 23.3 Å². The molecule has 0 saturated carbocycles. The first kappa shape index (κ1) is 20.6. The van der Waals surface area contributed by atoms with Crippen LogP contribution in [0.2, 0.25) is 0 Å². The summed E-state index contributed by atoms with van der Waals surface area (Å²) in [5.74, 6) is -0.487. The minimum atomic E-state index is -4.53. The fourth-order valence-electron chi connectivity index (χ4n) is 3.20. The molecule has 3 aromatic rings. The van der Waals surface area contributed by atoms with Crippen LogP contribution in [-0.2, 0) is 11.0 Å². The predicted octanol–water partition coefficient (Wildman–Crippen LogP) is 4.39. The number of nitrogens with one attached hydrogen (secondary N) is 1. The molecule has 0 unspecified atom stereocenters. The number of hydrogen-bond donors (Lipinski definition) is 2. The number of carbonyl (C=O) groups is 1. The second-order valence-corrected chi connectivity index (χ2v) is 6.81. The monoisotopic (exact) mass is 399 g/mol. The Morgan fingerprint density at radius 2 is 1.31 bits per heavy atom. The van der Waals surface area contributed by atoms with E-state index in [0.29, 0.717) is 0 Å². The van der Waals surface area contributed by atoms with Gasteiger partial charge in [0.15, 0.2) is 6.04 Å². The molecule has 150 valence electrons. The highest BCUT2D eigenvalue weighted by Gasteiger charge is 2.34. The number of hydrogen-bond acceptors (Lipinski definition) is 1. The number of para-hydroxylation sites is 1. The normalized spacial score (nSPS) is 12.6. The van der Waals surface area contributed by atoms with Gasteiger partial charge in [-0.25, -0.2) is 0 Å². The molecule has 1 atom stereocenters. The van der Waals surface area contributed by atoms with Crippen LogP contribution in [0.1, 0.15) is 29.7 Å². The Balaban J connectivity index is 1.80. The molecule has 0 heterocycles. The lowest BCUT2D eigenvalue weighted by Crippen LogP contribution is -2.92. The van der Waals surface area contributed by atoms with E-state index >= 15 is 0 Å². The summed E-state index contributed by atoms with van der Waals surface area (Å²) in [7, 11) is 0. The van der Waals surface area contributed by atoms with Crippen molar-refractivity contribution in [3.05, 3.63) is 102 Å². The third-order valence-electron chi connectivity index (χ3n) is 4.70. The molecule has 29 heavy (non-hydrogen) atoms. The van der Waals surface area contributed by atoms with E-state index < -0.39 is 23.7 Å².